The summed E-state index contributed by atoms with van der Waals surface area (Å²) < 4.78 is 0.997. The van der Waals surface area contributed by atoms with Crippen LogP contribution in [0.5, 0.6) is 0 Å². The summed E-state index contributed by atoms with van der Waals surface area (Å²) in [5.41, 5.74) is 0.976. The lowest BCUT2D eigenvalue weighted by atomic mass is 10.0. The standard InChI is InChI=1S/C16H15BrN2O2/c17-12-5-1-4-11(10-12)14-7-3-9-19(14)16(21)13-6-2-8-18-15(13)20/h1-2,4-6,8,10,14H,3,7,9H2,(H,18,20). The number of hydrogen-bond donors (Lipinski definition) is 1. The first kappa shape index (κ1) is 14.1. The molecule has 2 heterocycles. The van der Waals surface area contributed by atoms with E-state index in [-0.39, 0.29) is 23.1 Å². The van der Waals surface area contributed by atoms with Crippen LogP contribution in [0.3, 0.4) is 0 Å². The molecule has 3 rings (SSSR count). The smallest absolute Gasteiger partial charge is 0.260 e. The van der Waals surface area contributed by atoms with E-state index in [4.69, 9.17) is 0 Å². The molecule has 1 fully saturated rings. The van der Waals surface area contributed by atoms with Crippen molar-refractivity contribution in [1.82, 2.24) is 9.88 Å². The summed E-state index contributed by atoms with van der Waals surface area (Å²) in [4.78, 5) is 28.8. The third-order valence-electron chi connectivity index (χ3n) is 3.80. The lowest BCUT2D eigenvalue weighted by molar-refractivity contribution is 0.0734. The molecule has 0 saturated carbocycles. The molecule has 21 heavy (non-hydrogen) atoms. The zero-order chi connectivity index (χ0) is 14.8. The second kappa shape index (κ2) is 5.85. The molecule has 1 amide bonds. The van der Waals surface area contributed by atoms with Gasteiger partial charge in [0, 0.05) is 17.2 Å². The number of hydrogen-bond acceptors (Lipinski definition) is 2. The van der Waals surface area contributed by atoms with Crippen LogP contribution in [0.25, 0.3) is 0 Å². The van der Waals surface area contributed by atoms with Crippen LogP contribution in [0.2, 0.25) is 0 Å². The molecule has 1 aliphatic rings. The number of halogens is 1. The maximum absolute atomic E-state index is 12.6. The Morgan fingerprint density at radius 2 is 2.14 bits per heavy atom. The molecule has 0 radical (unpaired) electrons. The molecule has 1 atom stereocenters. The molecular formula is C16H15BrN2O2. The summed E-state index contributed by atoms with van der Waals surface area (Å²) >= 11 is 3.46. The van der Waals surface area contributed by atoms with Crippen molar-refractivity contribution in [2.45, 2.75) is 18.9 Å². The molecule has 0 bridgehead atoms. The van der Waals surface area contributed by atoms with Crippen molar-refractivity contribution in [2.24, 2.45) is 0 Å². The molecule has 1 aromatic heterocycles. The molecule has 4 nitrogen and oxygen atoms in total. The molecule has 1 N–H and O–H groups in total. The van der Waals surface area contributed by atoms with E-state index >= 15 is 0 Å². The van der Waals surface area contributed by atoms with Crippen molar-refractivity contribution >= 4 is 21.8 Å². The average molecular weight is 347 g/mol. The molecule has 1 aromatic carbocycles. The van der Waals surface area contributed by atoms with Crippen molar-refractivity contribution in [3.63, 3.8) is 0 Å². The molecule has 1 aliphatic heterocycles. The fourth-order valence-corrected chi connectivity index (χ4v) is 3.23. The van der Waals surface area contributed by atoms with Gasteiger partial charge in [0.2, 0.25) is 0 Å². The summed E-state index contributed by atoms with van der Waals surface area (Å²) in [6, 6.07) is 11.3. The van der Waals surface area contributed by atoms with Gasteiger partial charge in [0.05, 0.1) is 6.04 Å². The van der Waals surface area contributed by atoms with E-state index in [2.05, 4.69) is 20.9 Å². The minimum atomic E-state index is -0.331. The van der Waals surface area contributed by atoms with Crippen LogP contribution >= 0.6 is 15.9 Å². The van der Waals surface area contributed by atoms with Crippen LogP contribution in [0, 0.1) is 0 Å². The number of pyridine rings is 1. The van der Waals surface area contributed by atoms with E-state index in [0.29, 0.717) is 6.54 Å². The number of benzene rings is 1. The summed E-state index contributed by atoms with van der Waals surface area (Å²) in [5, 5.41) is 0. The molecule has 0 aliphatic carbocycles. The highest BCUT2D eigenvalue weighted by Gasteiger charge is 2.31. The third-order valence-corrected chi connectivity index (χ3v) is 4.29. The van der Waals surface area contributed by atoms with Gasteiger partial charge in [0.1, 0.15) is 5.56 Å². The largest absolute Gasteiger partial charge is 0.331 e. The van der Waals surface area contributed by atoms with Crippen LogP contribution in [-0.2, 0) is 0 Å². The van der Waals surface area contributed by atoms with Gasteiger partial charge in [0.15, 0.2) is 0 Å². The lowest BCUT2D eigenvalue weighted by Crippen LogP contribution is -2.34. The van der Waals surface area contributed by atoms with Gasteiger partial charge in [-0.1, -0.05) is 28.1 Å². The number of likely N-dealkylation sites (tertiary alicyclic amines) is 1. The minimum absolute atomic E-state index is 0.0367. The Morgan fingerprint density at radius 3 is 2.90 bits per heavy atom. The van der Waals surface area contributed by atoms with Gasteiger partial charge in [-0.25, -0.2) is 0 Å². The molecule has 108 valence electrons. The number of carbonyl (C=O) groups excluding carboxylic acids is 1. The molecule has 1 saturated heterocycles. The van der Waals surface area contributed by atoms with Crippen LogP contribution in [0.15, 0.2) is 51.9 Å². The fraction of sp³-hybridized carbons (Fsp3) is 0.250. The maximum atomic E-state index is 12.6. The Hall–Kier alpha value is -1.88. The van der Waals surface area contributed by atoms with Crippen molar-refractivity contribution in [2.75, 3.05) is 6.54 Å². The Balaban J connectivity index is 1.93. The first-order valence-electron chi connectivity index (χ1n) is 6.91. The van der Waals surface area contributed by atoms with Gasteiger partial charge >= 0.3 is 0 Å². The van der Waals surface area contributed by atoms with Crippen molar-refractivity contribution < 1.29 is 4.79 Å². The summed E-state index contributed by atoms with van der Waals surface area (Å²) in [6.07, 6.45) is 3.41. The highest BCUT2D eigenvalue weighted by molar-refractivity contribution is 9.10. The van der Waals surface area contributed by atoms with Crippen LogP contribution in [-0.4, -0.2) is 22.3 Å². The summed E-state index contributed by atoms with van der Waals surface area (Å²) in [7, 11) is 0. The Bertz CT molecular complexity index is 726. The molecule has 5 heteroatoms. The highest BCUT2D eigenvalue weighted by Crippen LogP contribution is 2.33. The van der Waals surface area contributed by atoms with Crippen molar-refractivity contribution in [3.05, 3.63) is 68.5 Å². The van der Waals surface area contributed by atoms with E-state index in [1.807, 2.05) is 24.3 Å². The zero-order valence-corrected chi connectivity index (χ0v) is 13.0. The number of H-pyrrole nitrogens is 1. The predicted octanol–water partition coefficient (Wildman–Crippen LogP) is 3.11. The fourth-order valence-electron chi connectivity index (χ4n) is 2.81. The van der Waals surface area contributed by atoms with E-state index in [1.165, 1.54) is 6.20 Å². The quantitative estimate of drug-likeness (QED) is 0.908. The van der Waals surface area contributed by atoms with Crippen LogP contribution < -0.4 is 5.56 Å². The van der Waals surface area contributed by atoms with E-state index in [9.17, 15) is 9.59 Å². The number of nitrogens with zero attached hydrogens (tertiary/aromatic N) is 1. The average Bonchev–Trinajstić information content (AvgIpc) is 2.96. The Labute approximate surface area is 130 Å². The third kappa shape index (κ3) is 2.78. The Morgan fingerprint density at radius 1 is 1.29 bits per heavy atom. The predicted molar refractivity (Wildman–Crippen MR) is 84.2 cm³/mol. The first-order valence-corrected chi connectivity index (χ1v) is 7.70. The molecular weight excluding hydrogens is 332 g/mol. The van der Waals surface area contributed by atoms with Gasteiger partial charge in [0.25, 0.3) is 11.5 Å². The van der Waals surface area contributed by atoms with Crippen molar-refractivity contribution in [3.8, 4) is 0 Å². The van der Waals surface area contributed by atoms with Gasteiger partial charge in [-0.15, -0.1) is 0 Å². The van der Waals surface area contributed by atoms with Gasteiger partial charge in [-0.05, 0) is 42.7 Å². The van der Waals surface area contributed by atoms with Crippen LogP contribution in [0.4, 0.5) is 0 Å². The second-order valence-corrected chi connectivity index (χ2v) is 6.04. The maximum Gasteiger partial charge on any atom is 0.260 e. The van der Waals surface area contributed by atoms with Crippen molar-refractivity contribution in [1.29, 1.82) is 0 Å². The van der Waals surface area contributed by atoms with Crippen LogP contribution in [0.1, 0.15) is 34.8 Å². The normalized spacial score (nSPS) is 18.0. The van der Waals surface area contributed by atoms with E-state index < -0.39 is 0 Å². The SMILES string of the molecule is O=C(c1ccc[nH]c1=O)N1CCCC1c1cccc(Br)c1. The minimum Gasteiger partial charge on any atom is -0.331 e. The van der Waals surface area contributed by atoms with Gasteiger partial charge < -0.3 is 9.88 Å². The number of aromatic nitrogens is 1. The number of carbonyl (C=O) groups is 1. The summed E-state index contributed by atoms with van der Waals surface area (Å²) in [5.74, 6) is -0.195. The zero-order valence-electron chi connectivity index (χ0n) is 11.4. The number of rotatable bonds is 2. The van der Waals surface area contributed by atoms with E-state index in [0.717, 1.165) is 22.9 Å². The lowest BCUT2D eigenvalue weighted by Gasteiger charge is -2.25. The Kier molecular flexibility index (Phi) is 3.92. The molecule has 0 spiro atoms. The topological polar surface area (TPSA) is 53.2 Å². The number of nitrogens with one attached hydrogen (secondary N) is 1. The highest BCUT2D eigenvalue weighted by atomic mass is 79.9. The first-order chi connectivity index (χ1) is 10.2. The number of amides is 1. The molecule has 1 unspecified atom stereocenters. The number of aromatic amines is 1. The monoisotopic (exact) mass is 346 g/mol. The second-order valence-electron chi connectivity index (χ2n) is 5.12. The summed E-state index contributed by atoms with van der Waals surface area (Å²) in [6.45, 7) is 0.685. The van der Waals surface area contributed by atoms with Gasteiger partial charge in [-0.2, -0.15) is 0 Å². The molecule has 2 aromatic rings. The van der Waals surface area contributed by atoms with Gasteiger partial charge in [-0.3, -0.25) is 9.59 Å². The van der Waals surface area contributed by atoms with E-state index in [1.54, 1.807) is 17.0 Å².